The molecule has 0 aliphatic carbocycles. The van der Waals surface area contributed by atoms with E-state index in [1.54, 1.807) is 0 Å². The van der Waals surface area contributed by atoms with Crippen LogP contribution in [0.25, 0.3) is 0 Å². The molecule has 1 rings (SSSR count). The predicted octanol–water partition coefficient (Wildman–Crippen LogP) is 0.847. The number of nitrogens with zero attached hydrogens (tertiary/aromatic N) is 2. The van der Waals surface area contributed by atoms with Crippen LogP contribution >= 0.6 is 0 Å². The van der Waals surface area contributed by atoms with E-state index in [0.717, 1.165) is 12.3 Å². The van der Waals surface area contributed by atoms with Crippen molar-refractivity contribution in [3.63, 3.8) is 0 Å². The highest BCUT2D eigenvalue weighted by Gasteiger charge is 2.16. The minimum Gasteiger partial charge on any atom is -0.304 e. The molecule has 3 nitrogen and oxygen atoms in total. The molecule has 3 heteroatoms. The number of carbonyl (C=O) groups excluding carboxylic acids is 1. The van der Waals surface area contributed by atoms with Crippen molar-refractivity contribution in [2.75, 3.05) is 33.7 Å². The topological polar surface area (TPSA) is 23.6 Å². The van der Waals surface area contributed by atoms with Gasteiger partial charge in [0, 0.05) is 32.1 Å². The summed E-state index contributed by atoms with van der Waals surface area (Å²) >= 11 is 0. The number of likely N-dealkylation sites (N-methyl/N-ethyl adjacent to an activating group) is 2. The third kappa shape index (κ3) is 5.77. The van der Waals surface area contributed by atoms with Crippen molar-refractivity contribution in [1.82, 2.24) is 9.80 Å². The Kier molecular flexibility index (Phi) is 6.82. The van der Waals surface area contributed by atoms with Gasteiger partial charge in [0.1, 0.15) is 6.29 Å². The second kappa shape index (κ2) is 7.04. The molecule has 0 bridgehead atoms. The Morgan fingerprint density at radius 3 is 2.23 bits per heavy atom. The second-order valence-electron chi connectivity index (χ2n) is 3.67. The van der Waals surface area contributed by atoms with Crippen LogP contribution in [0.5, 0.6) is 0 Å². The van der Waals surface area contributed by atoms with Crippen LogP contribution < -0.4 is 0 Å². The number of hydrogen-bond acceptors (Lipinski definition) is 3. The maximum Gasteiger partial charge on any atom is 0.119 e. The average Bonchev–Trinajstić information content (AvgIpc) is 2.12. The van der Waals surface area contributed by atoms with Crippen molar-refractivity contribution in [2.24, 2.45) is 0 Å². The molecule has 0 aromatic rings. The first-order chi connectivity index (χ1) is 6.11. The van der Waals surface area contributed by atoms with Gasteiger partial charge in [-0.05, 0) is 21.0 Å². The summed E-state index contributed by atoms with van der Waals surface area (Å²) in [4.78, 5) is 14.0. The largest absolute Gasteiger partial charge is 0.304 e. The van der Waals surface area contributed by atoms with Gasteiger partial charge in [-0.15, -0.1) is 0 Å². The summed E-state index contributed by atoms with van der Waals surface area (Å²) in [6.07, 6.45) is 1.51. The smallest absolute Gasteiger partial charge is 0.119 e. The van der Waals surface area contributed by atoms with Crippen molar-refractivity contribution < 1.29 is 4.79 Å². The highest BCUT2D eigenvalue weighted by molar-refractivity contribution is 5.48. The van der Waals surface area contributed by atoms with Crippen LogP contribution in [-0.2, 0) is 4.79 Å². The van der Waals surface area contributed by atoms with E-state index in [1.165, 1.54) is 19.6 Å². The Morgan fingerprint density at radius 1 is 1.38 bits per heavy atom. The van der Waals surface area contributed by atoms with E-state index in [4.69, 9.17) is 0 Å². The monoisotopic (exact) mass is 186 g/mol. The first kappa shape index (κ1) is 12.6. The number of rotatable bonds is 1. The molecule has 0 saturated carbocycles. The van der Waals surface area contributed by atoms with Gasteiger partial charge in [-0.1, -0.05) is 6.92 Å². The molecule has 0 N–H and O–H groups in total. The van der Waals surface area contributed by atoms with Gasteiger partial charge >= 0.3 is 0 Å². The average molecular weight is 186 g/mol. The Labute approximate surface area is 81.7 Å². The summed E-state index contributed by atoms with van der Waals surface area (Å²) in [7, 11) is 4.38. The molecule has 0 aromatic heterocycles. The Bertz CT molecular complexity index is 139. The maximum absolute atomic E-state index is 9.17. The Morgan fingerprint density at radius 2 is 1.92 bits per heavy atom. The highest BCUT2D eigenvalue weighted by Crippen LogP contribution is 2.03. The molecule has 1 saturated heterocycles. The summed E-state index contributed by atoms with van der Waals surface area (Å²) in [6, 6.07) is 0.740. The normalized spacial score (nSPS) is 24.8. The van der Waals surface area contributed by atoms with Crippen LogP contribution in [0, 0.1) is 0 Å². The lowest BCUT2D eigenvalue weighted by molar-refractivity contribution is -0.107. The SMILES string of the molecule is CC1CN(C)CCN1C.CCC=O. The van der Waals surface area contributed by atoms with E-state index in [1.807, 2.05) is 6.92 Å². The molecular formula is C10H22N2O. The van der Waals surface area contributed by atoms with Crippen LogP contribution in [0.4, 0.5) is 0 Å². The van der Waals surface area contributed by atoms with Gasteiger partial charge in [0.25, 0.3) is 0 Å². The third-order valence-corrected chi connectivity index (χ3v) is 2.33. The van der Waals surface area contributed by atoms with E-state index < -0.39 is 0 Å². The zero-order valence-corrected chi connectivity index (χ0v) is 9.29. The second-order valence-corrected chi connectivity index (χ2v) is 3.67. The van der Waals surface area contributed by atoms with Gasteiger partial charge in [-0.2, -0.15) is 0 Å². The number of aldehydes is 1. The van der Waals surface area contributed by atoms with Gasteiger partial charge in [0.05, 0.1) is 0 Å². The molecule has 13 heavy (non-hydrogen) atoms. The molecule has 0 radical (unpaired) electrons. The number of hydrogen-bond donors (Lipinski definition) is 0. The Balaban J connectivity index is 0.000000310. The molecule has 1 atom stereocenters. The van der Waals surface area contributed by atoms with Gasteiger partial charge in [-0.25, -0.2) is 0 Å². The number of piperazine rings is 1. The fourth-order valence-corrected chi connectivity index (χ4v) is 1.23. The number of carbonyl (C=O) groups is 1. The fourth-order valence-electron chi connectivity index (χ4n) is 1.23. The zero-order chi connectivity index (χ0) is 10.3. The summed E-state index contributed by atoms with van der Waals surface area (Å²) in [5.74, 6) is 0. The quantitative estimate of drug-likeness (QED) is 0.567. The maximum atomic E-state index is 9.17. The standard InChI is InChI=1S/C7H16N2.C3H6O/c1-7-6-8(2)4-5-9(7)3;1-2-3-4/h7H,4-6H2,1-3H3;3H,2H2,1H3. The lowest BCUT2D eigenvalue weighted by Crippen LogP contribution is -2.48. The van der Waals surface area contributed by atoms with Crippen molar-refractivity contribution in [2.45, 2.75) is 26.3 Å². The molecule has 1 unspecified atom stereocenters. The van der Waals surface area contributed by atoms with E-state index in [-0.39, 0.29) is 0 Å². The third-order valence-electron chi connectivity index (χ3n) is 2.33. The van der Waals surface area contributed by atoms with Crippen LogP contribution in [0.2, 0.25) is 0 Å². The zero-order valence-electron chi connectivity index (χ0n) is 9.29. The van der Waals surface area contributed by atoms with Crippen molar-refractivity contribution in [1.29, 1.82) is 0 Å². The lowest BCUT2D eigenvalue weighted by atomic mass is 10.2. The minimum atomic E-state index is 0.639. The van der Waals surface area contributed by atoms with Gasteiger partial charge < -0.3 is 14.6 Å². The van der Waals surface area contributed by atoms with E-state index in [9.17, 15) is 4.79 Å². The molecule has 78 valence electrons. The summed E-state index contributed by atoms with van der Waals surface area (Å²) in [5.41, 5.74) is 0. The molecule has 0 aromatic carbocycles. The summed E-state index contributed by atoms with van der Waals surface area (Å²) in [5, 5.41) is 0. The van der Waals surface area contributed by atoms with Crippen molar-refractivity contribution >= 4 is 6.29 Å². The van der Waals surface area contributed by atoms with Crippen LogP contribution in [-0.4, -0.2) is 55.9 Å². The summed E-state index contributed by atoms with van der Waals surface area (Å²) in [6.45, 7) is 7.75. The van der Waals surface area contributed by atoms with Crippen LogP contribution in [0.3, 0.4) is 0 Å². The van der Waals surface area contributed by atoms with Crippen molar-refractivity contribution in [3.8, 4) is 0 Å². The van der Waals surface area contributed by atoms with Crippen molar-refractivity contribution in [3.05, 3.63) is 0 Å². The molecular weight excluding hydrogens is 164 g/mol. The van der Waals surface area contributed by atoms with E-state index in [2.05, 4.69) is 30.8 Å². The first-order valence-corrected chi connectivity index (χ1v) is 4.94. The summed E-state index contributed by atoms with van der Waals surface area (Å²) < 4.78 is 0. The molecule has 1 fully saturated rings. The van der Waals surface area contributed by atoms with Gasteiger partial charge in [-0.3, -0.25) is 0 Å². The first-order valence-electron chi connectivity index (χ1n) is 4.94. The molecule has 0 spiro atoms. The Hall–Kier alpha value is -0.410. The molecule has 1 aliphatic rings. The van der Waals surface area contributed by atoms with Gasteiger partial charge in [0.15, 0.2) is 0 Å². The van der Waals surface area contributed by atoms with E-state index >= 15 is 0 Å². The molecule has 1 heterocycles. The fraction of sp³-hybridized carbons (Fsp3) is 0.900. The van der Waals surface area contributed by atoms with Crippen LogP contribution in [0.1, 0.15) is 20.3 Å². The lowest BCUT2D eigenvalue weighted by Gasteiger charge is -2.35. The highest BCUT2D eigenvalue weighted by atomic mass is 16.1. The van der Waals surface area contributed by atoms with Gasteiger partial charge in [0.2, 0.25) is 0 Å². The molecule has 0 amide bonds. The molecule has 1 aliphatic heterocycles. The van der Waals surface area contributed by atoms with Crippen LogP contribution in [0.15, 0.2) is 0 Å². The van der Waals surface area contributed by atoms with E-state index in [0.29, 0.717) is 6.42 Å². The minimum absolute atomic E-state index is 0.639. The predicted molar refractivity (Wildman–Crippen MR) is 55.9 cm³/mol.